The van der Waals surface area contributed by atoms with Crippen molar-refractivity contribution in [2.45, 2.75) is 25.7 Å². The molecule has 12 heteroatoms. The molecular weight excluding hydrogens is 542 g/mol. The van der Waals surface area contributed by atoms with Crippen molar-refractivity contribution in [3.63, 3.8) is 0 Å². The lowest BCUT2D eigenvalue weighted by Crippen LogP contribution is -2.60. The topological polar surface area (TPSA) is 85.9 Å². The molecule has 1 amide bonds. The molecule has 0 spiro atoms. The van der Waals surface area contributed by atoms with Crippen molar-refractivity contribution in [2.75, 3.05) is 13.1 Å². The van der Waals surface area contributed by atoms with Gasteiger partial charge in [0.1, 0.15) is 42.1 Å². The molecular formula is C23H17BrF2N6O2S. The summed E-state index contributed by atoms with van der Waals surface area (Å²) in [4.78, 5) is 36.7. The lowest BCUT2D eigenvalue weighted by molar-refractivity contribution is -0.144. The van der Waals surface area contributed by atoms with Gasteiger partial charge in [-0.15, -0.1) is 11.3 Å². The Balaban J connectivity index is 1.58. The second-order valence-corrected chi connectivity index (χ2v) is 10.2. The number of hydrogen-bond donors (Lipinski definition) is 0. The maximum absolute atomic E-state index is 13.9. The van der Waals surface area contributed by atoms with E-state index < -0.39 is 17.0 Å². The first-order valence-corrected chi connectivity index (χ1v) is 12.1. The van der Waals surface area contributed by atoms with Crippen LogP contribution < -0.4 is 5.56 Å². The highest BCUT2D eigenvalue weighted by molar-refractivity contribution is 9.10. The summed E-state index contributed by atoms with van der Waals surface area (Å²) in [6.07, 6.45) is 4.26. The molecule has 0 unspecified atom stereocenters. The Morgan fingerprint density at radius 1 is 1.31 bits per heavy atom. The van der Waals surface area contributed by atoms with E-state index >= 15 is 0 Å². The number of benzene rings is 1. The van der Waals surface area contributed by atoms with Crippen molar-refractivity contribution in [3.05, 3.63) is 62.7 Å². The van der Waals surface area contributed by atoms with Gasteiger partial charge in [0.25, 0.3) is 5.56 Å². The van der Waals surface area contributed by atoms with Crippen molar-refractivity contribution >= 4 is 43.4 Å². The monoisotopic (exact) mass is 558 g/mol. The zero-order chi connectivity index (χ0) is 24.7. The van der Waals surface area contributed by atoms with Gasteiger partial charge in [0.15, 0.2) is 0 Å². The van der Waals surface area contributed by atoms with Gasteiger partial charge in [-0.05, 0) is 40.5 Å². The number of alkyl halides is 1. The zero-order valence-electron chi connectivity index (χ0n) is 18.3. The van der Waals surface area contributed by atoms with E-state index in [-0.39, 0.29) is 41.9 Å². The van der Waals surface area contributed by atoms with E-state index in [0.717, 1.165) is 0 Å². The third-order valence-corrected chi connectivity index (χ3v) is 7.12. The molecule has 4 heterocycles. The fourth-order valence-corrected chi connectivity index (χ4v) is 5.25. The van der Waals surface area contributed by atoms with Gasteiger partial charge in [-0.3, -0.25) is 14.2 Å². The van der Waals surface area contributed by atoms with Crippen LogP contribution in [0.1, 0.15) is 11.8 Å². The highest BCUT2D eigenvalue weighted by Gasteiger charge is 2.41. The minimum atomic E-state index is -1.40. The van der Waals surface area contributed by atoms with Crippen molar-refractivity contribution in [2.24, 2.45) is 0 Å². The summed E-state index contributed by atoms with van der Waals surface area (Å²) in [5.41, 5.74) is -0.744. The second kappa shape index (κ2) is 8.98. The number of thiophene rings is 1. The van der Waals surface area contributed by atoms with Gasteiger partial charge < -0.3 is 4.90 Å². The molecule has 0 bridgehead atoms. The number of amides is 1. The Bertz CT molecular complexity index is 1560. The fourth-order valence-electron chi connectivity index (χ4n) is 3.84. The lowest BCUT2D eigenvalue weighted by Gasteiger charge is -2.42. The minimum absolute atomic E-state index is 0.00489. The van der Waals surface area contributed by atoms with Gasteiger partial charge in [0.2, 0.25) is 5.91 Å². The first-order valence-electron chi connectivity index (χ1n) is 10.5. The summed E-state index contributed by atoms with van der Waals surface area (Å²) >= 11 is 4.43. The van der Waals surface area contributed by atoms with Gasteiger partial charge in [-0.2, -0.15) is 5.10 Å². The van der Waals surface area contributed by atoms with Crippen molar-refractivity contribution in [1.29, 1.82) is 0 Å². The number of hydrogen-bond acceptors (Lipinski definition) is 6. The third-order valence-electron chi connectivity index (χ3n) is 5.50. The number of carbonyl (C=O) groups excluding carboxylic acids is 1. The molecule has 0 saturated carbocycles. The molecule has 1 aliphatic rings. The van der Waals surface area contributed by atoms with Crippen LogP contribution in [-0.4, -0.2) is 53.9 Å². The van der Waals surface area contributed by atoms with E-state index in [4.69, 9.17) is 0 Å². The number of halogens is 3. The first kappa shape index (κ1) is 23.3. The molecule has 5 rings (SSSR count). The summed E-state index contributed by atoms with van der Waals surface area (Å²) in [6, 6.07) is 4.43. The molecule has 1 fully saturated rings. The Morgan fingerprint density at radius 2 is 2.11 bits per heavy atom. The van der Waals surface area contributed by atoms with Crippen LogP contribution in [0, 0.1) is 17.7 Å². The summed E-state index contributed by atoms with van der Waals surface area (Å²) in [5.74, 6) is 5.27. The zero-order valence-corrected chi connectivity index (χ0v) is 20.7. The van der Waals surface area contributed by atoms with Gasteiger partial charge in [0, 0.05) is 5.56 Å². The summed E-state index contributed by atoms with van der Waals surface area (Å²) in [6.45, 7) is 1.45. The first-order chi connectivity index (χ1) is 16.7. The van der Waals surface area contributed by atoms with Crippen LogP contribution in [0.5, 0.6) is 0 Å². The Kier molecular flexibility index (Phi) is 5.98. The molecule has 0 aliphatic carbocycles. The molecule has 178 valence electrons. The maximum atomic E-state index is 13.9. The third kappa shape index (κ3) is 4.61. The highest BCUT2D eigenvalue weighted by atomic mass is 79.9. The molecule has 35 heavy (non-hydrogen) atoms. The standard InChI is InChI=1S/C23H17BrF2N6O2S/c1-23(26)9-31(10-23)18(33)8-30-13-28-21-20(22(30)34)19(14-4-5-16(25)15(24)7-14)17(35-21)3-2-6-32-12-27-11-29-32/h4-5,7,11-13H,6,8-10H2,1H3. The van der Waals surface area contributed by atoms with Crippen LogP contribution in [0.4, 0.5) is 8.78 Å². The van der Waals surface area contributed by atoms with E-state index in [1.807, 2.05) is 0 Å². The van der Waals surface area contributed by atoms with Crippen LogP contribution in [0.25, 0.3) is 21.3 Å². The summed E-state index contributed by atoms with van der Waals surface area (Å²) in [5, 5.41) is 4.30. The predicted molar refractivity (Wildman–Crippen MR) is 130 cm³/mol. The average Bonchev–Trinajstić information content (AvgIpc) is 3.44. The van der Waals surface area contributed by atoms with Gasteiger partial charge >= 0.3 is 0 Å². The second-order valence-electron chi connectivity index (χ2n) is 8.35. The summed E-state index contributed by atoms with van der Waals surface area (Å²) < 4.78 is 30.8. The van der Waals surface area contributed by atoms with E-state index in [2.05, 4.69) is 42.8 Å². The molecule has 1 aliphatic heterocycles. The van der Waals surface area contributed by atoms with E-state index in [1.165, 1.54) is 46.4 Å². The smallest absolute Gasteiger partial charge is 0.263 e. The predicted octanol–water partition coefficient (Wildman–Crippen LogP) is 3.24. The number of rotatable bonds is 4. The van der Waals surface area contributed by atoms with Crippen molar-refractivity contribution in [1.82, 2.24) is 29.2 Å². The Hall–Kier alpha value is -3.43. The Morgan fingerprint density at radius 3 is 2.80 bits per heavy atom. The van der Waals surface area contributed by atoms with Crippen molar-refractivity contribution < 1.29 is 13.6 Å². The SMILES string of the molecule is CC1(F)CN(C(=O)Cn2cnc3sc(C#CCn4cncn4)c(-c4ccc(F)c(Br)c4)c3c2=O)C1. The largest absolute Gasteiger partial charge is 0.335 e. The lowest BCUT2D eigenvalue weighted by atomic mass is 9.99. The van der Waals surface area contributed by atoms with E-state index in [9.17, 15) is 18.4 Å². The van der Waals surface area contributed by atoms with Crippen LogP contribution in [0.2, 0.25) is 0 Å². The minimum Gasteiger partial charge on any atom is -0.335 e. The Labute approximate surface area is 210 Å². The maximum Gasteiger partial charge on any atom is 0.263 e. The quantitative estimate of drug-likeness (QED) is 0.359. The number of fused-ring (bicyclic) bond motifs is 1. The fraction of sp³-hybridized carbons (Fsp3) is 0.261. The van der Waals surface area contributed by atoms with Crippen LogP contribution in [0.15, 0.2) is 46.4 Å². The van der Waals surface area contributed by atoms with Gasteiger partial charge in [0.05, 0.1) is 34.2 Å². The van der Waals surface area contributed by atoms with Crippen molar-refractivity contribution in [3.8, 4) is 23.0 Å². The van der Waals surface area contributed by atoms with Crippen LogP contribution >= 0.6 is 27.3 Å². The van der Waals surface area contributed by atoms with Crippen LogP contribution in [-0.2, 0) is 17.9 Å². The number of carbonyl (C=O) groups is 1. The molecule has 0 N–H and O–H groups in total. The molecule has 0 atom stereocenters. The molecule has 1 saturated heterocycles. The highest BCUT2D eigenvalue weighted by Crippen LogP contribution is 2.37. The summed E-state index contributed by atoms with van der Waals surface area (Å²) in [7, 11) is 0. The molecule has 0 radical (unpaired) electrons. The number of aromatic nitrogens is 5. The molecule has 1 aromatic carbocycles. The normalized spacial score (nSPS) is 14.5. The number of likely N-dealkylation sites (tertiary alicyclic amines) is 1. The van der Waals surface area contributed by atoms with E-state index in [1.54, 1.807) is 23.1 Å². The molecule has 8 nitrogen and oxygen atoms in total. The average molecular weight is 559 g/mol. The van der Waals surface area contributed by atoms with E-state index in [0.29, 0.717) is 20.8 Å². The molecule has 4 aromatic rings. The number of nitrogens with zero attached hydrogens (tertiary/aromatic N) is 6. The van der Waals surface area contributed by atoms with Gasteiger partial charge in [-0.1, -0.05) is 17.9 Å². The van der Waals surface area contributed by atoms with Crippen LogP contribution in [0.3, 0.4) is 0 Å². The van der Waals surface area contributed by atoms with Gasteiger partial charge in [-0.25, -0.2) is 23.4 Å². The molecule has 3 aromatic heterocycles.